The summed E-state index contributed by atoms with van der Waals surface area (Å²) in [6.45, 7) is 4.20. The minimum absolute atomic E-state index is 0.321. The number of nitrogens with zero attached hydrogens (tertiary/aromatic N) is 2. The lowest BCUT2D eigenvalue weighted by Gasteiger charge is -2.11. The molecule has 1 fully saturated rings. The Hall–Kier alpha value is -1.19. The van der Waals surface area contributed by atoms with Crippen molar-refractivity contribution < 1.29 is 0 Å². The molecule has 0 aromatic carbocycles. The zero-order chi connectivity index (χ0) is 12.4. The quantitative estimate of drug-likeness (QED) is 0.612. The minimum Gasteiger partial charge on any atom is -0.382 e. The highest BCUT2D eigenvalue weighted by atomic mass is 15.4. The van der Waals surface area contributed by atoms with Gasteiger partial charge in [0.2, 0.25) is 0 Å². The molecule has 1 aliphatic carbocycles. The fourth-order valence-corrected chi connectivity index (χ4v) is 2.74. The Morgan fingerprint density at radius 1 is 1.18 bits per heavy atom. The molecule has 0 bridgehead atoms. The van der Waals surface area contributed by atoms with Crippen LogP contribution in [0.5, 0.6) is 0 Å². The Kier molecular flexibility index (Phi) is 3.60. The predicted molar refractivity (Wildman–Crippen MR) is 71.3 cm³/mol. The first-order valence-electron chi connectivity index (χ1n) is 6.74. The minimum atomic E-state index is 0.321. The average Bonchev–Trinajstić information content (AvgIpc) is 2.52. The van der Waals surface area contributed by atoms with Crippen LogP contribution in [0.1, 0.15) is 75.7 Å². The van der Waals surface area contributed by atoms with E-state index in [9.17, 15) is 0 Å². The molecule has 4 heteroatoms. The topological polar surface area (TPSA) is 69.9 Å². The van der Waals surface area contributed by atoms with Gasteiger partial charge in [0.15, 0.2) is 0 Å². The number of aromatic nitrogens is 2. The van der Waals surface area contributed by atoms with Crippen LogP contribution in [0.15, 0.2) is 0 Å². The number of hydrogen-bond acceptors (Lipinski definition) is 3. The van der Waals surface area contributed by atoms with E-state index < -0.39 is 0 Å². The Morgan fingerprint density at radius 3 is 2.24 bits per heavy atom. The third-order valence-corrected chi connectivity index (χ3v) is 3.76. The summed E-state index contributed by atoms with van der Waals surface area (Å²) in [6, 6.07) is 0. The van der Waals surface area contributed by atoms with Crippen molar-refractivity contribution in [2.45, 2.75) is 64.2 Å². The molecule has 0 amide bonds. The molecule has 1 heterocycles. The van der Waals surface area contributed by atoms with Gasteiger partial charge in [0, 0.05) is 11.8 Å². The highest BCUT2D eigenvalue weighted by Crippen LogP contribution is 2.34. The molecular weight excluding hydrogens is 212 g/mol. The van der Waals surface area contributed by atoms with Crippen LogP contribution in [0.4, 0.5) is 5.82 Å². The molecule has 1 aromatic heterocycles. The Balaban J connectivity index is 2.28. The predicted octanol–water partition coefficient (Wildman–Crippen LogP) is 2.74. The molecule has 1 aliphatic rings. The van der Waals surface area contributed by atoms with E-state index >= 15 is 0 Å². The van der Waals surface area contributed by atoms with Crippen molar-refractivity contribution in [3.8, 4) is 0 Å². The Labute approximate surface area is 103 Å². The van der Waals surface area contributed by atoms with Gasteiger partial charge >= 0.3 is 0 Å². The number of rotatable bonds is 2. The fourth-order valence-electron chi connectivity index (χ4n) is 2.74. The Bertz CT molecular complexity index is 373. The first-order valence-corrected chi connectivity index (χ1v) is 6.74. The summed E-state index contributed by atoms with van der Waals surface area (Å²) in [5.74, 6) is 8.39. The first-order chi connectivity index (χ1) is 8.11. The van der Waals surface area contributed by atoms with Crippen molar-refractivity contribution >= 4 is 5.82 Å². The van der Waals surface area contributed by atoms with Crippen LogP contribution in [0, 0.1) is 0 Å². The molecule has 0 radical (unpaired) electrons. The van der Waals surface area contributed by atoms with E-state index in [4.69, 9.17) is 11.6 Å². The molecule has 2 rings (SSSR count). The molecule has 0 atom stereocenters. The van der Waals surface area contributed by atoms with E-state index in [2.05, 4.69) is 18.8 Å². The second kappa shape index (κ2) is 4.98. The third-order valence-electron chi connectivity index (χ3n) is 3.76. The summed E-state index contributed by atoms with van der Waals surface area (Å²) in [7, 11) is 0. The summed E-state index contributed by atoms with van der Waals surface area (Å²) >= 11 is 0. The van der Waals surface area contributed by atoms with E-state index in [0.717, 1.165) is 11.5 Å². The summed E-state index contributed by atoms with van der Waals surface area (Å²) in [4.78, 5) is 4.69. The molecule has 1 aromatic rings. The lowest BCUT2D eigenvalue weighted by Crippen LogP contribution is -2.16. The summed E-state index contributed by atoms with van der Waals surface area (Å²) in [5, 5.41) is 0. The third kappa shape index (κ3) is 2.40. The van der Waals surface area contributed by atoms with Gasteiger partial charge in [0.25, 0.3) is 0 Å². The highest BCUT2D eigenvalue weighted by molar-refractivity contribution is 5.41. The first kappa shape index (κ1) is 12.3. The maximum atomic E-state index is 6.10. The van der Waals surface area contributed by atoms with Crippen molar-refractivity contribution in [2.24, 2.45) is 0 Å². The van der Waals surface area contributed by atoms with E-state index in [0.29, 0.717) is 17.7 Å². The second-order valence-electron chi connectivity index (χ2n) is 5.45. The largest absolute Gasteiger partial charge is 0.382 e. The SMILES string of the molecule is CC(C)c1nc(C2CCCCCC2)c(N)n1N. The molecule has 0 aliphatic heterocycles. The van der Waals surface area contributed by atoms with Crippen LogP contribution >= 0.6 is 0 Å². The lowest BCUT2D eigenvalue weighted by atomic mass is 9.96. The monoisotopic (exact) mass is 236 g/mol. The maximum absolute atomic E-state index is 6.10. The van der Waals surface area contributed by atoms with E-state index in [1.165, 1.54) is 38.5 Å². The molecule has 96 valence electrons. The number of anilines is 1. The van der Waals surface area contributed by atoms with Gasteiger partial charge in [-0.2, -0.15) is 0 Å². The number of hydrogen-bond donors (Lipinski definition) is 2. The average molecular weight is 236 g/mol. The molecular formula is C13H24N4. The molecule has 4 nitrogen and oxygen atoms in total. The van der Waals surface area contributed by atoms with Gasteiger partial charge in [-0.25, -0.2) is 9.66 Å². The van der Waals surface area contributed by atoms with Crippen molar-refractivity contribution in [3.05, 3.63) is 11.5 Å². The number of nitrogen functional groups attached to an aromatic ring is 2. The molecule has 0 unspecified atom stereocenters. The van der Waals surface area contributed by atoms with Crippen LogP contribution in [0.25, 0.3) is 0 Å². The lowest BCUT2D eigenvalue weighted by molar-refractivity contribution is 0.579. The maximum Gasteiger partial charge on any atom is 0.146 e. The van der Waals surface area contributed by atoms with Crippen LogP contribution < -0.4 is 11.6 Å². The highest BCUT2D eigenvalue weighted by Gasteiger charge is 2.23. The van der Waals surface area contributed by atoms with Crippen molar-refractivity contribution in [1.82, 2.24) is 9.66 Å². The summed E-state index contributed by atoms with van der Waals surface area (Å²) < 4.78 is 1.57. The van der Waals surface area contributed by atoms with Gasteiger partial charge in [-0.15, -0.1) is 0 Å². The van der Waals surface area contributed by atoms with Crippen LogP contribution in [-0.2, 0) is 0 Å². The number of imidazole rings is 1. The van der Waals surface area contributed by atoms with Gasteiger partial charge in [-0.05, 0) is 12.8 Å². The van der Waals surface area contributed by atoms with Crippen LogP contribution in [0.3, 0.4) is 0 Å². The second-order valence-corrected chi connectivity index (χ2v) is 5.45. The van der Waals surface area contributed by atoms with E-state index in [-0.39, 0.29) is 0 Å². The molecule has 0 spiro atoms. The van der Waals surface area contributed by atoms with E-state index in [1.807, 2.05) is 0 Å². The van der Waals surface area contributed by atoms with Crippen LogP contribution in [-0.4, -0.2) is 9.66 Å². The Morgan fingerprint density at radius 2 is 1.76 bits per heavy atom. The summed E-state index contributed by atoms with van der Waals surface area (Å²) in [6.07, 6.45) is 7.68. The van der Waals surface area contributed by atoms with Gasteiger partial charge < -0.3 is 11.6 Å². The summed E-state index contributed by atoms with van der Waals surface area (Å²) in [5.41, 5.74) is 7.14. The van der Waals surface area contributed by atoms with Crippen molar-refractivity contribution in [2.75, 3.05) is 11.6 Å². The molecule has 4 N–H and O–H groups in total. The smallest absolute Gasteiger partial charge is 0.146 e. The molecule has 17 heavy (non-hydrogen) atoms. The van der Waals surface area contributed by atoms with Crippen molar-refractivity contribution in [3.63, 3.8) is 0 Å². The van der Waals surface area contributed by atoms with E-state index in [1.54, 1.807) is 4.68 Å². The van der Waals surface area contributed by atoms with Crippen LogP contribution in [0.2, 0.25) is 0 Å². The normalized spacial score (nSPS) is 18.5. The zero-order valence-corrected chi connectivity index (χ0v) is 10.9. The number of nitrogens with two attached hydrogens (primary N) is 2. The molecule has 0 saturated heterocycles. The standard InChI is InChI=1S/C13H24N4/c1-9(2)13-16-11(12(14)17(13)15)10-7-5-3-4-6-8-10/h9-10H,3-8,14-15H2,1-2H3. The van der Waals surface area contributed by atoms with Gasteiger partial charge in [0.05, 0.1) is 5.69 Å². The van der Waals surface area contributed by atoms with Gasteiger partial charge in [0.1, 0.15) is 11.6 Å². The fraction of sp³-hybridized carbons (Fsp3) is 0.769. The van der Waals surface area contributed by atoms with Crippen molar-refractivity contribution in [1.29, 1.82) is 0 Å². The van der Waals surface area contributed by atoms with Gasteiger partial charge in [-0.3, -0.25) is 0 Å². The van der Waals surface area contributed by atoms with Gasteiger partial charge in [-0.1, -0.05) is 39.5 Å². The molecule has 1 saturated carbocycles. The zero-order valence-electron chi connectivity index (χ0n) is 10.9.